The summed E-state index contributed by atoms with van der Waals surface area (Å²) in [5.74, 6) is -0.928. The second-order valence-electron chi connectivity index (χ2n) is 3.63. The van der Waals surface area contributed by atoms with Crippen molar-refractivity contribution < 1.29 is 18.8 Å². The molecule has 1 aromatic carbocycles. The molecule has 0 spiro atoms. The Kier molecular flexibility index (Phi) is 4.14. The Labute approximate surface area is 121 Å². The van der Waals surface area contributed by atoms with Gasteiger partial charge in [-0.05, 0) is 28.1 Å². The van der Waals surface area contributed by atoms with E-state index < -0.39 is 16.4 Å². The van der Waals surface area contributed by atoms with Crippen LogP contribution in [0.4, 0.5) is 10.1 Å². The highest BCUT2D eigenvalue weighted by molar-refractivity contribution is 9.10. The number of nitro benzene ring substituents is 1. The first kappa shape index (κ1) is 14.2. The molecule has 2 rings (SSSR count). The fourth-order valence-electron chi connectivity index (χ4n) is 1.47. The molecule has 0 aliphatic carbocycles. The van der Waals surface area contributed by atoms with E-state index in [0.29, 0.717) is 4.60 Å². The molecule has 0 aliphatic heterocycles. The maximum Gasteiger partial charge on any atom is 0.347 e. The van der Waals surface area contributed by atoms with Gasteiger partial charge < -0.3 is 9.47 Å². The van der Waals surface area contributed by atoms with Gasteiger partial charge in [-0.25, -0.2) is 4.98 Å². The summed E-state index contributed by atoms with van der Waals surface area (Å²) in [6.45, 7) is 0. The summed E-state index contributed by atoms with van der Waals surface area (Å²) >= 11 is 3.15. The smallest absolute Gasteiger partial charge is 0.347 e. The van der Waals surface area contributed by atoms with Crippen LogP contribution in [0, 0.1) is 15.9 Å². The van der Waals surface area contributed by atoms with E-state index in [9.17, 15) is 14.5 Å². The van der Waals surface area contributed by atoms with E-state index in [1.807, 2.05) is 0 Å². The predicted octanol–water partition coefficient (Wildman–Crippen LogP) is 3.69. The summed E-state index contributed by atoms with van der Waals surface area (Å²) in [5, 5.41) is 10.9. The van der Waals surface area contributed by atoms with Crippen LogP contribution in [0.15, 0.2) is 35.1 Å². The Bertz CT molecular complexity index is 649. The molecule has 0 fully saturated rings. The number of halogens is 2. The fourth-order valence-corrected chi connectivity index (χ4v) is 1.71. The molecule has 0 N–H and O–H groups in total. The minimum atomic E-state index is -1.03. The minimum Gasteiger partial charge on any atom is -0.497 e. The number of rotatable bonds is 4. The zero-order valence-electron chi connectivity index (χ0n) is 10.2. The molecule has 0 saturated carbocycles. The van der Waals surface area contributed by atoms with Crippen molar-refractivity contribution in [3.05, 3.63) is 51.0 Å². The zero-order chi connectivity index (χ0) is 14.7. The van der Waals surface area contributed by atoms with E-state index in [4.69, 9.17) is 9.47 Å². The first-order valence-corrected chi connectivity index (χ1v) is 6.12. The largest absolute Gasteiger partial charge is 0.497 e. The third-order valence-corrected chi connectivity index (χ3v) is 2.82. The summed E-state index contributed by atoms with van der Waals surface area (Å²) < 4.78 is 24.4. The van der Waals surface area contributed by atoms with E-state index >= 15 is 0 Å². The van der Waals surface area contributed by atoms with Gasteiger partial charge >= 0.3 is 5.69 Å². The average Bonchev–Trinajstić information content (AvgIpc) is 2.40. The highest BCUT2D eigenvalue weighted by Crippen LogP contribution is 2.37. The number of hydrogen-bond acceptors (Lipinski definition) is 5. The molecule has 0 bridgehead atoms. The number of methoxy groups -OCH3 is 1. The highest BCUT2D eigenvalue weighted by atomic mass is 79.9. The third-order valence-electron chi connectivity index (χ3n) is 2.35. The zero-order valence-corrected chi connectivity index (χ0v) is 11.8. The lowest BCUT2D eigenvalue weighted by Gasteiger charge is -2.08. The van der Waals surface area contributed by atoms with Gasteiger partial charge in [-0.1, -0.05) is 0 Å². The molecule has 0 atom stereocenters. The summed E-state index contributed by atoms with van der Waals surface area (Å²) in [7, 11) is 1.32. The fraction of sp³-hybridized carbons (Fsp3) is 0.0833. The number of nitro groups is 1. The van der Waals surface area contributed by atoms with Gasteiger partial charge in [0.1, 0.15) is 16.1 Å². The normalized spacial score (nSPS) is 10.2. The van der Waals surface area contributed by atoms with Crippen LogP contribution in [-0.2, 0) is 0 Å². The lowest BCUT2D eigenvalue weighted by Crippen LogP contribution is -1.98. The Morgan fingerprint density at radius 2 is 2.10 bits per heavy atom. The summed E-state index contributed by atoms with van der Waals surface area (Å²) in [5.41, 5.74) is -0.756. The Morgan fingerprint density at radius 1 is 1.35 bits per heavy atom. The van der Waals surface area contributed by atoms with Crippen LogP contribution in [0.2, 0.25) is 0 Å². The van der Waals surface area contributed by atoms with Crippen molar-refractivity contribution in [1.29, 1.82) is 0 Å². The second-order valence-corrected chi connectivity index (χ2v) is 4.44. The topological polar surface area (TPSA) is 74.5 Å². The standard InChI is InChI=1S/C12H8BrFN2O4/c1-19-8-4-9(14)12(16(17)18)10(5-8)20-7-2-3-11(13)15-6-7/h2-6H,1H3. The maximum atomic E-state index is 13.7. The molecule has 1 heterocycles. The maximum absolute atomic E-state index is 13.7. The van der Waals surface area contributed by atoms with Crippen LogP contribution >= 0.6 is 15.9 Å². The first-order valence-electron chi connectivity index (χ1n) is 5.32. The highest BCUT2D eigenvalue weighted by Gasteiger charge is 2.24. The molecular weight excluding hydrogens is 335 g/mol. The van der Waals surface area contributed by atoms with Crippen molar-refractivity contribution in [3.63, 3.8) is 0 Å². The van der Waals surface area contributed by atoms with Crippen LogP contribution in [0.5, 0.6) is 17.2 Å². The molecular formula is C12H8BrFN2O4. The lowest BCUT2D eigenvalue weighted by molar-refractivity contribution is -0.388. The van der Waals surface area contributed by atoms with Crippen molar-refractivity contribution in [2.24, 2.45) is 0 Å². The molecule has 2 aromatic rings. The van der Waals surface area contributed by atoms with Crippen LogP contribution in [0.1, 0.15) is 0 Å². The van der Waals surface area contributed by atoms with Gasteiger partial charge in [0.25, 0.3) is 0 Å². The van der Waals surface area contributed by atoms with Crippen molar-refractivity contribution in [2.45, 2.75) is 0 Å². The molecule has 0 radical (unpaired) electrons. The van der Waals surface area contributed by atoms with Crippen molar-refractivity contribution in [2.75, 3.05) is 7.11 Å². The van der Waals surface area contributed by atoms with E-state index in [1.165, 1.54) is 25.4 Å². The summed E-state index contributed by atoms with van der Waals surface area (Å²) in [6, 6.07) is 5.30. The van der Waals surface area contributed by atoms with Gasteiger partial charge in [-0.2, -0.15) is 4.39 Å². The van der Waals surface area contributed by atoms with Gasteiger partial charge in [0.15, 0.2) is 0 Å². The van der Waals surface area contributed by atoms with Crippen LogP contribution in [0.25, 0.3) is 0 Å². The van der Waals surface area contributed by atoms with Crippen molar-refractivity contribution in [1.82, 2.24) is 4.98 Å². The number of ether oxygens (including phenoxy) is 2. The van der Waals surface area contributed by atoms with Crippen LogP contribution < -0.4 is 9.47 Å². The number of aromatic nitrogens is 1. The van der Waals surface area contributed by atoms with Crippen LogP contribution in [0.3, 0.4) is 0 Å². The predicted molar refractivity (Wildman–Crippen MR) is 71.6 cm³/mol. The molecule has 1 aromatic heterocycles. The number of pyridine rings is 1. The minimum absolute atomic E-state index is 0.119. The van der Waals surface area contributed by atoms with Crippen molar-refractivity contribution in [3.8, 4) is 17.2 Å². The number of nitrogens with zero attached hydrogens (tertiary/aromatic N) is 2. The number of hydrogen-bond donors (Lipinski definition) is 0. The quantitative estimate of drug-likeness (QED) is 0.481. The Hall–Kier alpha value is -2.22. The lowest BCUT2D eigenvalue weighted by atomic mass is 10.2. The monoisotopic (exact) mass is 342 g/mol. The van der Waals surface area contributed by atoms with Gasteiger partial charge in [-0.15, -0.1) is 0 Å². The molecule has 8 heteroatoms. The SMILES string of the molecule is COc1cc(F)c([N+](=O)[O-])c(Oc2ccc(Br)nc2)c1. The second kappa shape index (κ2) is 5.83. The average molecular weight is 343 g/mol. The molecule has 0 saturated heterocycles. The third kappa shape index (κ3) is 3.02. The molecule has 0 unspecified atom stereocenters. The van der Waals surface area contributed by atoms with Crippen LogP contribution in [-0.4, -0.2) is 17.0 Å². The van der Waals surface area contributed by atoms with Gasteiger partial charge in [-0.3, -0.25) is 10.1 Å². The van der Waals surface area contributed by atoms with E-state index in [-0.39, 0.29) is 17.2 Å². The van der Waals surface area contributed by atoms with E-state index in [1.54, 1.807) is 6.07 Å². The first-order chi connectivity index (χ1) is 9.51. The summed E-state index contributed by atoms with van der Waals surface area (Å²) in [4.78, 5) is 14.0. The molecule has 0 aliphatic rings. The van der Waals surface area contributed by atoms with Crippen molar-refractivity contribution >= 4 is 21.6 Å². The summed E-state index contributed by atoms with van der Waals surface area (Å²) in [6.07, 6.45) is 1.35. The Morgan fingerprint density at radius 3 is 2.65 bits per heavy atom. The molecule has 104 valence electrons. The molecule has 0 amide bonds. The van der Waals surface area contributed by atoms with E-state index in [2.05, 4.69) is 20.9 Å². The Balaban J connectivity index is 2.45. The van der Waals surface area contributed by atoms with Gasteiger partial charge in [0, 0.05) is 12.1 Å². The molecule has 6 nitrogen and oxygen atoms in total. The van der Waals surface area contributed by atoms with Gasteiger partial charge in [0.2, 0.25) is 11.6 Å². The van der Waals surface area contributed by atoms with Gasteiger partial charge in [0.05, 0.1) is 18.2 Å². The number of benzene rings is 1. The van der Waals surface area contributed by atoms with E-state index in [0.717, 1.165) is 6.07 Å². The molecule has 20 heavy (non-hydrogen) atoms.